The monoisotopic (exact) mass is 249 g/mol. The van der Waals surface area contributed by atoms with Crippen LogP contribution in [0, 0.1) is 6.92 Å². The molecule has 0 aromatic heterocycles. The lowest BCUT2D eigenvalue weighted by molar-refractivity contribution is 0.300. The van der Waals surface area contributed by atoms with E-state index in [-0.39, 0.29) is 5.41 Å². The van der Waals surface area contributed by atoms with Gasteiger partial charge in [-0.3, -0.25) is 0 Å². The molecular formula is C15H23NS. The molecular weight excluding hydrogens is 226 g/mol. The summed E-state index contributed by atoms with van der Waals surface area (Å²) in [6.45, 7) is 3.01. The molecule has 2 heteroatoms. The maximum atomic E-state index is 6.09. The van der Waals surface area contributed by atoms with Crippen LogP contribution < -0.4 is 5.73 Å². The minimum atomic E-state index is 0.264. The largest absolute Gasteiger partial charge is 0.330 e. The fourth-order valence-corrected chi connectivity index (χ4v) is 3.63. The van der Waals surface area contributed by atoms with Crippen LogP contribution in [0.1, 0.15) is 43.2 Å². The van der Waals surface area contributed by atoms with Gasteiger partial charge >= 0.3 is 0 Å². The molecule has 17 heavy (non-hydrogen) atoms. The molecule has 0 amide bonds. The van der Waals surface area contributed by atoms with Crippen LogP contribution in [0.2, 0.25) is 0 Å². The van der Waals surface area contributed by atoms with Gasteiger partial charge in [-0.25, -0.2) is 0 Å². The van der Waals surface area contributed by atoms with Gasteiger partial charge in [-0.1, -0.05) is 31.4 Å². The minimum absolute atomic E-state index is 0.264. The lowest BCUT2D eigenvalue weighted by atomic mass is 9.69. The van der Waals surface area contributed by atoms with Crippen molar-refractivity contribution in [2.75, 3.05) is 12.8 Å². The predicted octanol–water partition coefficient (Wildman–Crippen LogP) is 3.88. The van der Waals surface area contributed by atoms with Gasteiger partial charge in [0, 0.05) is 16.9 Å². The van der Waals surface area contributed by atoms with Gasteiger partial charge in [0.05, 0.1) is 0 Å². The van der Waals surface area contributed by atoms with Gasteiger partial charge in [0.2, 0.25) is 0 Å². The van der Waals surface area contributed by atoms with E-state index in [1.54, 1.807) is 0 Å². The Bertz CT molecular complexity index is 381. The highest BCUT2D eigenvalue weighted by Crippen LogP contribution is 2.39. The lowest BCUT2D eigenvalue weighted by Gasteiger charge is -2.37. The Kier molecular flexibility index (Phi) is 4.16. The molecule has 1 nitrogen and oxygen atoms in total. The molecule has 0 heterocycles. The molecule has 0 atom stereocenters. The minimum Gasteiger partial charge on any atom is -0.330 e. The van der Waals surface area contributed by atoms with Crippen molar-refractivity contribution in [1.29, 1.82) is 0 Å². The molecule has 0 aliphatic heterocycles. The van der Waals surface area contributed by atoms with Crippen LogP contribution in [0.25, 0.3) is 0 Å². The zero-order valence-electron chi connectivity index (χ0n) is 11.0. The van der Waals surface area contributed by atoms with Crippen LogP contribution in [-0.2, 0) is 5.41 Å². The molecule has 1 aliphatic carbocycles. The van der Waals surface area contributed by atoms with Crippen molar-refractivity contribution in [2.24, 2.45) is 5.73 Å². The molecule has 94 valence electrons. The van der Waals surface area contributed by atoms with E-state index in [2.05, 4.69) is 31.4 Å². The van der Waals surface area contributed by atoms with Crippen LogP contribution >= 0.6 is 11.8 Å². The van der Waals surface area contributed by atoms with Gasteiger partial charge in [0.25, 0.3) is 0 Å². The molecule has 1 saturated carbocycles. The maximum absolute atomic E-state index is 6.09. The van der Waals surface area contributed by atoms with Crippen LogP contribution in [0.15, 0.2) is 23.1 Å². The number of aryl methyl sites for hydroxylation is 1. The summed E-state index contributed by atoms with van der Waals surface area (Å²) in [7, 11) is 0. The molecule has 0 unspecified atom stereocenters. The Morgan fingerprint density at radius 1 is 1.24 bits per heavy atom. The topological polar surface area (TPSA) is 26.0 Å². The molecule has 1 aromatic rings. The van der Waals surface area contributed by atoms with Crippen molar-refractivity contribution in [3.8, 4) is 0 Å². The second-order valence-corrected chi connectivity index (χ2v) is 6.08. The van der Waals surface area contributed by atoms with Crippen molar-refractivity contribution in [1.82, 2.24) is 0 Å². The fourth-order valence-electron chi connectivity index (χ4n) is 3.05. The number of thioether (sulfide) groups is 1. The van der Waals surface area contributed by atoms with Gasteiger partial charge in [-0.15, -0.1) is 11.8 Å². The van der Waals surface area contributed by atoms with Crippen molar-refractivity contribution in [3.05, 3.63) is 29.3 Å². The summed E-state index contributed by atoms with van der Waals surface area (Å²) in [4.78, 5) is 1.39. The first-order valence-electron chi connectivity index (χ1n) is 6.57. The van der Waals surface area contributed by atoms with E-state index < -0.39 is 0 Å². The van der Waals surface area contributed by atoms with Crippen LogP contribution in [-0.4, -0.2) is 12.8 Å². The number of rotatable bonds is 3. The van der Waals surface area contributed by atoms with E-state index in [4.69, 9.17) is 5.73 Å². The van der Waals surface area contributed by atoms with Crippen LogP contribution in [0.3, 0.4) is 0 Å². The highest BCUT2D eigenvalue weighted by atomic mass is 32.2. The zero-order chi connectivity index (χ0) is 12.3. The number of benzene rings is 1. The molecule has 1 aromatic carbocycles. The third kappa shape index (κ3) is 2.53. The Morgan fingerprint density at radius 3 is 2.47 bits per heavy atom. The standard InChI is InChI=1S/C15H23NS/c1-12-10-13(6-7-14(12)17-2)15(11-16)8-4-3-5-9-15/h6-7,10H,3-5,8-9,11,16H2,1-2H3. The second kappa shape index (κ2) is 5.45. The van der Waals surface area contributed by atoms with Gasteiger partial charge < -0.3 is 5.73 Å². The summed E-state index contributed by atoms with van der Waals surface area (Å²) in [5.41, 5.74) is 9.21. The predicted molar refractivity (Wildman–Crippen MR) is 76.8 cm³/mol. The first-order chi connectivity index (χ1) is 8.22. The first kappa shape index (κ1) is 13.0. The normalized spacial score (nSPS) is 19.2. The summed E-state index contributed by atoms with van der Waals surface area (Å²) < 4.78 is 0. The van der Waals surface area contributed by atoms with Crippen LogP contribution in [0.5, 0.6) is 0 Å². The number of nitrogens with two attached hydrogens (primary N) is 1. The van der Waals surface area contributed by atoms with E-state index >= 15 is 0 Å². The average Bonchev–Trinajstić information content (AvgIpc) is 2.39. The van der Waals surface area contributed by atoms with E-state index in [9.17, 15) is 0 Å². The van der Waals surface area contributed by atoms with E-state index in [1.165, 1.54) is 48.1 Å². The SMILES string of the molecule is CSc1ccc(C2(CN)CCCCC2)cc1C. The van der Waals surface area contributed by atoms with Crippen molar-refractivity contribution in [3.63, 3.8) is 0 Å². The molecule has 1 fully saturated rings. The summed E-state index contributed by atoms with van der Waals surface area (Å²) in [6.07, 6.45) is 8.72. The number of hydrogen-bond donors (Lipinski definition) is 1. The Hall–Kier alpha value is -0.470. The summed E-state index contributed by atoms with van der Waals surface area (Å²) in [6, 6.07) is 6.93. The zero-order valence-corrected chi connectivity index (χ0v) is 11.8. The van der Waals surface area contributed by atoms with Crippen LogP contribution in [0.4, 0.5) is 0 Å². The first-order valence-corrected chi connectivity index (χ1v) is 7.79. The Balaban J connectivity index is 2.33. The Labute approximate surface area is 109 Å². The van der Waals surface area contributed by atoms with E-state index in [0.29, 0.717) is 0 Å². The quantitative estimate of drug-likeness (QED) is 0.823. The third-order valence-corrected chi connectivity index (χ3v) is 5.11. The molecule has 0 radical (unpaired) electrons. The summed E-state index contributed by atoms with van der Waals surface area (Å²) in [5, 5.41) is 0. The third-order valence-electron chi connectivity index (χ3n) is 4.21. The highest BCUT2D eigenvalue weighted by Gasteiger charge is 2.32. The molecule has 2 rings (SSSR count). The molecule has 0 saturated heterocycles. The summed E-state index contributed by atoms with van der Waals surface area (Å²) >= 11 is 1.83. The van der Waals surface area contributed by atoms with Gasteiger partial charge in [0.1, 0.15) is 0 Å². The lowest BCUT2D eigenvalue weighted by Crippen LogP contribution is -2.37. The van der Waals surface area contributed by atoms with Crippen molar-refractivity contribution < 1.29 is 0 Å². The van der Waals surface area contributed by atoms with Crippen molar-refractivity contribution in [2.45, 2.75) is 49.3 Å². The Morgan fingerprint density at radius 2 is 1.94 bits per heavy atom. The molecule has 0 spiro atoms. The fraction of sp³-hybridized carbons (Fsp3) is 0.600. The van der Waals surface area contributed by atoms with Gasteiger partial charge in [0.15, 0.2) is 0 Å². The molecule has 1 aliphatic rings. The summed E-state index contributed by atoms with van der Waals surface area (Å²) in [5.74, 6) is 0. The smallest absolute Gasteiger partial charge is 0.00985 e. The molecule has 0 bridgehead atoms. The van der Waals surface area contributed by atoms with E-state index in [0.717, 1.165) is 6.54 Å². The second-order valence-electron chi connectivity index (χ2n) is 5.23. The maximum Gasteiger partial charge on any atom is 0.00985 e. The van der Waals surface area contributed by atoms with Gasteiger partial charge in [-0.2, -0.15) is 0 Å². The highest BCUT2D eigenvalue weighted by molar-refractivity contribution is 7.98. The van der Waals surface area contributed by atoms with Gasteiger partial charge in [-0.05, 0) is 43.2 Å². The van der Waals surface area contributed by atoms with E-state index in [1.807, 2.05) is 11.8 Å². The number of hydrogen-bond acceptors (Lipinski definition) is 2. The average molecular weight is 249 g/mol. The molecule has 2 N–H and O–H groups in total. The van der Waals surface area contributed by atoms with Crippen molar-refractivity contribution >= 4 is 11.8 Å².